The van der Waals surface area contributed by atoms with Crippen molar-refractivity contribution in [3.63, 3.8) is 0 Å². The smallest absolute Gasteiger partial charge is 0.264 e. The van der Waals surface area contributed by atoms with E-state index in [9.17, 15) is 18.0 Å². The van der Waals surface area contributed by atoms with Crippen molar-refractivity contribution < 1.29 is 18.0 Å². The largest absolute Gasteiger partial charge is 0.369 e. The van der Waals surface area contributed by atoms with Crippen molar-refractivity contribution in [2.24, 2.45) is 11.7 Å². The summed E-state index contributed by atoms with van der Waals surface area (Å²) >= 11 is 0. The Bertz CT molecular complexity index is 1260. The van der Waals surface area contributed by atoms with Crippen LogP contribution >= 0.6 is 0 Å². The second-order valence-electron chi connectivity index (χ2n) is 8.30. The molecule has 7 nitrogen and oxygen atoms in total. The molecule has 34 heavy (non-hydrogen) atoms. The van der Waals surface area contributed by atoms with Crippen LogP contribution in [0.2, 0.25) is 0 Å². The van der Waals surface area contributed by atoms with E-state index in [1.807, 2.05) is 30.3 Å². The van der Waals surface area contributed by atoms with E-state index in [0.29, 0.717) is 37.2 Å². The van der Waals surface area contributed by atoms with Crippen molar-refractivity contribution in [2.45, 2.75) is 24.3 Å². The van der Waals surface area contributed by atoms with Crippen LogP contribution in [-0.4, -0.2) is 38.2 Å². The average Bonchev–Trinajstić information content (AvgIpc) is 2.88. The van der Waals surface area contributed by atoms with Crippen LogP contribution in [0.25, 0.3) is 0 Å². The molecule has 1 aliphatic rings. The molecule has 1 heterocycles. The minimum absolute atomic E-state index is 0.0755. The topological polar surface area (TPSA) is 101 Å². The van der Waals surface area contributed by atoms with E-state index in [0.717, 1.165) is 5.56 Å². The highest BCUT2D eigenvalue weighted by Gasteiger charge is 2.32. The number of hydrogen-bond donors (Lipinski definition) is 1. The molecule has 1 fully saturated rings. The number of likely N-dealkylation sites (tertiary alicyclic amines) is 1. The van der Waals surface area contributed by atoms with Gasteiger partial charge < -0.3 is 10.6 Å². The van der Waals surface area contributed by atoms with Crippen LogP contribution in [0.5, 0.6) is 0 Å². The van der Waals surface area contributed by atoms with Crippen LogP contribution in [0.4, 0.5) is 5.69 Å². The first-order valence-electron chi connectivity index (χ1n) is 11.2. The molecule has 0 atom stereocenters. The van der Waals surface area contributed by atoms with Gasteiger partial charge in [0, 0.05) is 19.0 Å². The molecule has 176 valence electrons. The van der Waals surface area contributed by atoms with Crippen molar-refractivity contribution in [2.75, 3.05) is 17.4 Å². The second kappa shape index (κ2) is 10.1. The van der Waals surface area contributed by atoms with Gasteiger partial charge in [-0.15, -0.1) is 0 Å². The van der Waals surface area contributed by atoms with Gasteiger partial charge in [-0.25, -0.2) is 8.42 Å². The zero-order valence-electron chi connectivity index (χ0n) is 18.7. The first-order chi connectivity index (χ1) is 16.4. The summed E-state index contributed by atoms with van der Waals surface area (Å²) in [5, 5.41) is 0. The average molecular weight is 478 g/mol. The lowest BCUT2D eigenvalue weighted by Crippen LogP contribution is -2.42. The number of nitrogens with two attached hydrogens (primary N) is 1. The van der Waals surface area contributed by atoms with E-state index in [-0.39, 0.29) is 29.2 Å². The molecule has 0 aliphatic carbocycles. The van der Waals surface area contributed by atoms with Crippen molar-refractivity contribution in [1.29, 1.82) is 0 Å². The third-order valence-corrected chi connectivity index (χ3v) is 7.86. The molecular formula is C26H27N3O4S. The van der Waals surface area contributed by atoms with Crippen molar-refractivity contribution >= 4 is 27.5 Å². The molecular weight excluding hydrogens is 450 g/mol. The Morgan fingerprint density at radius 2 is 1.41 bits per heavy atom. The van der Waals surface area contributed by atoms with Gasteiger partial charge in [-0.1, -0.05) is 60.7 Å². The molecule has 0 unspecified atom stereocenters. The number of primary amides is 1. The molecule has 1 saturated heterocycles. The van der Waals surface area contributed by atoms with Crippen LogP contribution in [0, 0.1) is 5.92 Å². The molecule has 0 spiro atoms. The Kier molecular flexibility index (Phi) is 6.98. The zero-order valence-corrected chi connectivity index (χ0v) is 19.5. The molecule has 0 bridgehead atoms. The third kappa shape index (κ3) is 4.97. The van der Waals surface area contributed by atoms with Gasteiger partial charge in [0.25, 0.3) is 15.9 Å². The van der Waals surface area contributed by atoms with E-state index in [1.54, 1.807) is 59.5 Å². The van der Waals surface area contributed by atoms with Gasteiger partial charge >= 0.3 is 0 Å². The summed E-state index contributed by atoms with van der Waals surface area (Å²) in [5.41, 5.74) is 6.84. The summed E-state index contributed by atoms with van der Waals surface area (Å²) in [6.07, 6.45) is 0.999. The fourth-order valence-electron chi connectivity index (χ4n) is 4.18. The van der Waals surface area contributed by atoms with Gasteiger partial charge in [-0.2, -0.15) is 0 Å². The van der Waals surface area contributed by atoms with Gasteiger partial charge in [0.05, 0.1) is 22.7 Å². The maximum Gasteiger partial charge on any atom is 0.264 e. The van der Waals surface area contributed by atoms with Crippen molar-refractivity contribution in [3.05, 3.63) is 96.1 Å². The zero-order chi connectivity index (χ0) is 24.1. The number of nitrogens with zero attached hydrogens (tertiary/aromatic N) is 2. The molecule has 0 aromatic heterocycles. The molecule has 8 heteroatoms. The quantitative estimate of drug-likeness (QED) is 0.563. The SMILES string of the molecule is NC(=O)C1CCN(C(=O)c2ccccc2N(Cc2ccccc2)S(=O)(=O)c2ccccc2)CC1. The Labute approximate surface area is 199 Å². The van der Waals surface area contributed by atoms with Crippen LogP contribution in [0.15, 0.2) is 89.8 Å². The van der Waals surface area contributed by atoms with Crippen LogP contribution in [0.3, 0.4) is 0 Å². The summed E-state index contributed by atoms with van der Waals surface area (Å²) < 4.78 is 28.8. The minimum Gasteiger partial charge on any atom is -0.369 e. The highest BCUT2D eigenvalue weighted by atomic mass is 32.2. The number of carbonyl (C=O) groups is 2. The lowest BCUT2D eigenvalue weighted by atomic mass is 9.95. The van der Waals surface area contributed by atoms with Crippen LogP contribution < -0.4 is 10.0 Å². The number of sulfonamides is 1. The highest BCUT2D eigenvalue weighted by molar-refractivity contribution is 7.92. The number of amides is 2. The molecule has 2 amide bonds. The maximum absolute atomic E-state index is 13.8. The normalized spacial score (nSPS) is 14.5. The first-order valence-corrected chi connectivity index (χ1v) is 12.6. The van der Waals surface area contributed by atoms with Gasteiger partial charge in [-0.05, 0) is 42.7 Å². The molecule has 4 rings (SSSR count). The third-order valence-electron chi connectivity index (χ3n) is 6.09. The van der Waals surface area contributed by atoms with E-state index in [4.69, 9.17) is 5.73 Å². The Morgan fingerprint density at radius 1 is 0.853 bits per heavy atom. The number of anilines is 1. The van der Waals surface area contributed by atoms with Gasteiger partial charge in [-0.3, -0.25) is 13.9 Å². The van der Waals surface area contributed by atoms with Gasteiger partial charge in [0.2, 0.25) is 5.91 Å². The number of benzene rings is 3. The summed E-state index contributed by atoms with van der Waals surface area (Å²) in [6.45, 7) is 0.863. The predicted octanol–water partition coefficient (Wildman–Crippen LogP) is 3.42. The van der Waals surface area contributed by atoms with E-state index >= 15 is 0 Å². The number of hydrogen-bond acceptors (Lipinski definition) is 4. The maximum atomic E-state index is 13.8. The lowest BCUT2D eigenvalue weighted by Gasteiger charge is -2.32. The number of carbonyl (C=O) groups excluding carboxylic acids is 2. The fourth-order valence-corrected chi connectivity index (χ4v) is 5.67. The van der Waals surface area contributed by atoms with Gasteiger partial charge in [0.15, 0.2) is 0 Å². The molecule has 0 saturated carbocycles. The predicted molar refractivity (Wildman–Crippen MR) is 131 cm³/mol. The minimum atomic E-state index is -3.96. The van der Waals surface area contributed by atoms with Crippen molar-refractivity contribution in [3.8, 4) is 0 Å². The second-order valence-corrected chi connectivity index (χ2v) is 10.2. The first kappa shape index (κ1) is 23.5. The number of rotatable bonds is 7. The standard InChI is InChI=1S/C26H27N3O4S/c27-25(30)21-15-17-28(18-16-21)26(31)23-13-7-8-14-24(23)29(19-20-9-3-1-4-10-20)34(32,33)22-11-5-2-6-12-22/h1-14,21H,15-19H2,(H2,27,30). The Hall–Kier alpha value is -3.65. The van der Waals surface area contributed by atoms with E-state index < -0.39 is 10.0 Å². The van der Waals surface area contributed by atoms with Crippen LogP contribution in [-0.2, 0) is 21.4 Å². The number of para-hydroxylation sites is 1. The fraction of sp³-hybridized carbons (Fsp3) is 0.231. The van der Waals surface area contributed by atoms with Crippen molar-refractivity contribution in [1.82, 2.24) is 4.90 Å². The Morgan fingerprint density at radius 3 is 2.03 bits per heavy atom. The monoisotopic (exact) mass is 477 g/mol. The molecule has 1 aliphatic heterocycles. The molecule has 3 aromatic rings. The molecule has 0 radical (unpaired) electrons. The number of piperidine rings is 1. The summed E-state index contributed by atoms with van der Waals surface area (Å²) in [5.74, 6) is -0.859. The van der Waals surface area contributed by atoms with E-state index in [1.165, 1.54) is 4.31 Å². The summed E-state index contributed by atoms with van der Waals surface area (Å²) in [4.78, 5) is 26.8. The summed E-state index contributed by atoms with van der Waals surface area (Å²) in [6, 6.07) is 24.2. The summed E-state index contributed by atoms with van der Waals surface area (Å²) in [7, 11) is -3.96. The highest BCUT2D eigenvalue weighted by Crippen LogP contribution is 2.31. The lowest BCUT2D eigenvalue weighted by molar-refractivity contribution is -0.123. The van der Waals surface area contributed by atoms with Gasteiger partial charge in [0.1, 0.15) is 0 Å². The molecule has 3 aromatic carbocycles. The van der Waals surface area contributed by atoms with Crippen LogP contribution in [0.1, 0.15) is 28.8 Å². The molecule has 2 N–H and O–H groups in total. The van der Waals surface area contributed by atoms with E-state index in [2.05, 4.69) is 0 Å². The Balaban J connectivity index is 1.73.